The molecule has 1 aromatic carbocycles. The summed E-state index contributed by atoms with van der Waals surface area (Å²) in [6.45, 7) is 2.22. The number of halogens is 1. The molecule has 114 valence electrons. The van der Waals surface area contributed by atoms with E-state index in [1.54, 1.807) is 13.0 Å². The molecule has 1 aromatic rings. The van der Waals surface area contributed by atoms with Crippen molar-refractivity contribution in [3.63, 3.8) is 0 Å². The topological polar surface area (TPSA) is 96.7 Å². The highest BCUT2D eigenvalue weighted by Crippen LogP contribution is 2.25. The molecule has 7 nitrogen and oxygen atoms in total. The molecule has 4 N–H and O–H groups in total. The summed E-state index contributed by atoms with van der Waals surface area (Å²) < 4.78 is 18.8. The Hall–Kier alpha value is -2.35. The molecule has 0 spiro atoms. The van der Waals surface area contributed by atoms with Crippen LogP contribution in [0.1, 0.15) is 13.3 Å². The van der Waals surface area contributed by atoms with Crippen LogP contribution in [0.2, 0.25) is 0 Å². The van der Waals surface area contributed by atoms with Crippen LogP contribution in [0, 0.1) is 5.82 Å². The highest BCUT2D eigenvalue weighted by atomic mass is 19.1. The smallest absolute Gasteiger partial charge is 0.414 e. The maximum Gasteiger partial charge on any atom is 0.414 e. The first-order chi connectivity index (χ1) is 10.0. The number of carbonyl (C=O) groups excluding carboxylic acids is 2. The minimum Gasteiger partial charge on any atom is -0.442 e. The van der Waals surface area contributed by atoms with Crippen LogP contribution in [0.15, 0.2) is 18.2 Å². The van der Waals surface area contributed by atoms with Crippen LogP contribution in [0.3, 0.4) is 0 Å². The van der Waals surface area contributed by atoms with E-state index in [-0.39, 0.29) is 24.7 Å². The zero-order valence-electron chi connectivity index (χ0n) is 11.6. The van der Waals surface area contributed by atoms with Crippen molar-refractivity contribution in [1.29, 1.82) is 0 Å². The third-order valence-corrected chi connectivity index (χ3v) is 3.14. The fraction of sp³-hybridized carbons (Fsp3) is 0.385. The highest BCUT2D eigenvalue weighted by molar-refractivity contribution is 5.90. The number of hydrazine groups is 1. The average molecular weight is 296 g/mol. The average Bonchev–Trinajstić information content (AvgIpc) is 2.85. The molecule has 2 rings (SSSR count). The number of nitrogens with one attached hydrogen (secondary N) is 2. The molecule has 0 aliphatic carbocycles. The van der Waals surface area contributed by atoms with Gasteiger partial charge in [-0.3, -0.25) is 15.5 Å². The molecule has 1 heterocycles. The third-order valence-electron chi connectivity index (χ3n) is 3.14. The van der Waals surface area contributed by atoms with Gasteiger partial charge in [-0.2, -0.15) is 0 Å². The molecule has 21 heavy (non-hydrogen) atoms. The van der Waals surface area contributed by atoms with E-state index in [0.29, 0.717) is 12.1 Å². The maximum atomic E-state index is 13.6. The fourth-order valence-corrected chi connectivity index (χ4v) is 1.98. The number of cyclic esters (lactones) is 1. The van der Waals surface area contributed by atoms with Crippen LogP contribution in [0.4, 0.5) is 20.6 Å². The van der Waals surface area contributed by atoms with E-state index in [1.165, 1.54) is 17.0 Å². The number of ether oxygens (including phenoxy) is 1. The zero-order valence-corrected chi connectivity index (χ0v) is 11.6. The van der Waals surface area contributed by atoms with Gasteiger partial charge in [-0.25, -0.2) is 9.18 Å². The third kappa shape index (κ3) is 3.40. The number of hydrogen-bond donors (Lipinski definition) is 3. The first-order valence-corrected chi connectivity index (χ1v) is 6.56. The normalized spacial score (nSPS) is 17.6. The summed E-state index contributed by atoms with van der Waals surface area (Å²) in [6.07, 6.45) is -0.662. The molecule has 0 bridgehead atoms. The Balaban J connectivity index is 2.03. The van der Waals surface area contributed by atoms with Crippen molar-refractivity contribution in [2.45, 2.75) is 19.4 Å². The number of nitrogen functional groups attached to an aromatic ring is 1. The van der Waals surface area contributed by atoms with Gasteiger partial charge < -0.3 is 15.5 Å². The Morgan fingerprint density at radius 2 is 2.33 bits per heavy atom. The lowest BCUT2D eigenvalue weighted by Gasteiger charge is -2.14. The summed E-state index contributed by atoms with van der Waals surface area (Å²) >= 11 is 0. The molecule has 0 radical (unpaired) electrons. The fourth-order valence-electron chi connectivity index (χ4n) is 1.98. The number of nitrogens with zero attached hydrogens (tertiary/aromatic N) is 1. The predicted molar refractivity (Wildman–Crippen MR) is 75.1 cm³/mol. The summed E-state index contributed by atoms with van der Waals surface area (Å²) in [7, 11) is 0. The van der Waals surface area contributed by atoms with Gasteiger partial charge in [0.25, 0.3) is 0 Å². The van der Waals surface area contributed by atoms with Crippen LogP contribution in [0.5, 0.6) is 0 Å². The summed E-state index contributed by atoms with van der Waals surface area (Å²) in [5.74, 6) is 4.47. The number of hydrogen-bond acceptors (Lipinski definition) is 5. The van der Waals surface area contributed by atoms with Crippen molar-refractivity contribution in [2.75, 3.05) is 23.4 Å². The standard InChI is InChI=1S/C13H17FN4O3/c1-2-12(19)16-6-9-7-18(13(20)21-9)8-3-4-11(17-15)10(14)5-8/h3-5,9,17H,2,6-7,15H2,1H3,(H,16,19). The second-order valence-corrected chi connectivity index (χ2v) is 4.58. The van der Waals surface area contributed by atoms with Gasteiger partial charge in [-0.05, 0) is 18.2 Å². The number of amides is 2. The van der Waals surface area contributed by atoms with Crippen LogP contribution < -0.4 is 21.5 Å². The molecular weight excluding hydrogens is 279 g/mol. The molecule has 1 aliphatic rings. The minimum absolute atomic E-state index is 0.117. The number of rotatable bonds is 5. The van der Waals surface area contributed by atoms with E-state index in [1.807, 2.05) is 0 Å². The van der Waals surface area contributed by atoms with E-state index in [0.717, 1.165) is 0 Å². The van der Waals surface area contributed by atoms with Crippen LogP contribution in [-0.4, -0.2) is 31.2 Å². The van der Waals surface area contributed by atoms with Gasteiger partial charge in [0.05, 0.1) is 24.5 Å². The second-order valence-electron chi connectivity index (χ2n) is 4.58. The van der Waals surface area contributed by atoms with Gasteiger partial charge in [-0.15, -0.1) is 0 Å². The molecule has 0 saturated carbocycles. The molecule has 8 heteroatoms. The van der Waals surface area contributed by atoms with E-state index in [9.17, 15) is 14.0 Å². The Bertz CT molecular complexity index is 552. The largest absolute Gasteiger partial charge is 0.442 e. The van der Waals surface area contributed by atoms with E-state index in [4.69, 9.17) is 10.6 Å². The number of carbonyl (C=O) groups is 2. The zero-order chi connectivity index (χ0) is 15.4. The Morgan fingerprint density at radius 3 is 2.95 bits per heavy atom. The number of benzene rings is 1. The Morgan fingerprint density at radius 1 is 1.57 bits per heavy atom. The summed E-state index contributed by atoms with van der Waals surface area (Å²) in [5, 5.41) is 2.65. The van der Waals surface area contributed by atoms with E-state index >= 15 is 0 Å². The van der Waals surface area contributed by atoms with Gasteiger partial charge in [0.2, 0.25) is 5.91 Å². The second kappa shape index (κ2) is 6.40. The lowest BCUT2D eigenvalue weighted by Crippen LogP contribution is -2.34. The predicted octanol–water partition coefficient (Wildman–Crippen LogP) is 0.963. The summed E-state index contributed by atoms with van der Waals surface area (Å²) in [5.41, 5.74) is 2.73. The van der Waals surface area contributed by atoms with Crippen molar-refractivity contribution >= 4 is 23.4 Å². The molecule has 0 aromatic heterocycles. The number of nitrogens with two attached hydrogens (primary N) is 1. The minimum atomic E-state index is -0.571. The van der Waals surface area contributed by atoms with Crippen molar-refractivity contribution in [2.24, 2.45) is 5.84 Å². The molecule has 1 saturated heterocycles. The number of anilines is 2. The first-order valence-electron chi connectivity index (χ1n) is 6.56. The molecule has 1 fully saturated rings. The summed E-state index contributed by atoms with van der Waals surface area (Å²) in [6, 6.07) is 4.19. The van der Waals surface area contributed by atoms with Crippen LogP contribution in [0.25, 0.3) is 0 Å². The van der Waals surface area contributed by atoms with Gasteiger partial charge in [0, 0.05) is 6.42 Å². The molecule has 2 amide bonds. The van der Waals surface area contributed by atoms with Crippen LogP contribution in [-0.2, 0) is 9.53 Å². The SMILES string of the molecule is CCC(=O)NCC1CN(c2ccc(NN)c(F)c2)C(=O)O1. The first kappa shape index (κ1) is 15.0. The van der Waals surface area contributed by atoms with Crippen molar-refractivity contribution < 1.29 is 18.7 Å². The Kier molecular flexibility index (Phi) is 4.59. The van der Waals surface area contributed by atoms with Crippen molar-refractivity contribution in [3.05, 3.63) is 24.0 Å². The van der Waals surface area contributed by atoms with E-state index in [2.05, 4.69) is 10.7 Å². The Labute approximate surface area is 121 Å². The molecule has 1 unspecified atom stereocenters. The highest BCUT2D eigenvalue weighted by Gasteiger charge is 2.32. The van der Waals surface area contributed by atoms with E-state index < -0.39 is 18.0 Å². The lowest BCUT2D eigenvalue weighted by molar-refractivity contribution is -0.121. The molecule has 1 aliphatic heterocycles. The maximum absolute atomic E-state index is 13.6. The van der Waals surface area contributed by atoms with Gasteiger partial charge in [0.1, 0.15) is 11.9 Å². The van der Waals surface area contributed by atoms with Crippen molar-refractivity contribution in [3.8, 4) is 0 Å². The quantitative estimate of drug-likeness (QED) is 0.555. The molecular formula is C13H17FN4O3. The van der Waals surface area contributed by atoms with Crippen molar-refractivity contribution in [1.82, 2.24) is 5.32 Å². The molecule has 1 atom stereocenters. The monoisotopic (exact) mass is 296 g/mol. The lowest BCUT2D eigenvalue weighted by atomic mass is 10.2. The van der Waals surface area contributed by atoms with Gasteiger partial charge >= 0.3 is 6.09 Å². The van der Waals surface area contributed by atoms with Crippen LogP contribution >= 0.6 is 0 Å². The summed E-state index contributed by atoms with van der Waals surface area (Å²) in [4.78, 5) is 24.3. The van der Waals surface area contributed by atoms with Gasteiger partial charge in [0.15, 0.2) is 0 Å². The van der Waals surface area contributed by atoms with Gasteiger partial charge in [-0.1, -0.05) is 6.92 Å².